The molecule has 132 valence electrons. The fraction of sp³-hybridized carbons (Fsp3) is 0.650. The van der Waals surface area contributed by atoms with Gasteiger partial charge in [0.05, 0.1) is 5.56 Å². The Labute approximate surface area is 142 Å². The molecule has 0 fully saturated rings. The maximum Gasteiger partial charge on any atom is 0.335 e. The molecule has 3 heteroatoms. The molecule has 0 aliphatic heterocycles. The van der Waals surface area contributed by atoms with E-state index in [-0.39, 0.29) is 0 Å². The van der Waals surface area contributed by atoms with Gasteiger partial charge >= 0.3 is 5.97 Å². The first-order valence-corrected chi connectivity index (χ1v) is 9.11. The van der Waals surface area contributed by atoms with Gasteiger partial charge in [-0.1, -0.05) is 52.7 Å². The van der Waals surface area contributed by atoms with Crippen LogP contribution in [0.4, 0.5) is 0 Å². The standard InChI is InChI=1S/C15H22O2.C5H13N/c1-3-5-8-12-9-7-11-14(15(16)17)13(12)10-6-4-2;1-3-5(6)4-2/h7,9,11H,3-6,8,10H2,1-2H3,(H,16,17);5H,3-4,6H2,1-2H3. The van der Waals surface area contributed by atoms with Gasteiger partial charge in [-0.3, -0.25) is 0 Å². The predicted octanol–water partition coefficient (Wildman–Crippen LogP) is 5.20. The van der Waals surface area contributed by atoms with Gasteiger partial charge in [-0.05, 0) is 55.7 Å². The number of carboxylic acid groups (broad SMARTS) is 1. The highest BCUT2D eigenvalue weighted by Gasteiger charge is 2.12. The van der Waals surface area contributed by atoms with Gasteiger partial charge in [0.2, 0.25) is 0 Å². The van der Waals surface area contributed by atoms with E-state index in [0.29, 0.717) is 11.6 Å². The second-order valence-corrected chi connectivity index (χ2v) is 6.03. The number of carbonyl (C=O) groups is 1. The molecule has 0 aliphatic rings. The average molecular weight is 322 g/mol. The summed E-state index contributed by atoms with van der Waals surface area (Å²) in [5.74, 6) is -0.797. The number of hydrogen-bond acceptors (Lipinski definition) is 2. The van der Waals surface area contributed by atoms with E-state index < -0.39 is 5.97 Å². The van der Waals surface area contributed by atoms with Crippen molar-refractivity contribution in [3.63, 3.8) is 0 Å². The van der Waals surface area contributed by atoms with Gasteiger partial charge in [-0.2, -0.15) is 0 Å². The zero-order valence-corrected chi connectivity index (χ0v) is 15.4. The average Bonchev–Trinajstić information content (AvgIpc) is 2.57. The molecule has 0 amide bonds. The zero-order valence-electron chi connectivity index (χ0n) is 15.4. The largest absolute Gasteiger partial charge is 0.478 e. The SMILES string of the molecule is CCC(N)CC.CCCCc1cccc(C(=O)O)c1CCCC. The lowest BCUT2D eigenvalue weighted by atomic mass is 9.93. The molecular formula is C20H35NO2. The smallest absolute Gasteiger partial charge is 0.335 e. The first-order chi connectivity index (χ1) is 11.0. The number of rotatable bonds is 9. The highest BCUT2D eigenvalue weighted by atomic mass is 16.4. The summed E-state index contributed by atoms with van der Waals surface area (Å²) in [4.78, 5) is 11.2. The van der Waals surface area contributed by atoms with E-state index in [1.165, 1.54) is 5.56 Å². The van der Waals surface area contributed by atoms with Crippen molar-refractivity contribution in [2.45, 2.75) is 85.1 Å². The third kappa shape index (κ3) is 8.75. The van der Waals surface area contributed by atoms with Crippen LogP contribution in [0.15, 0.2) is 18.2 Å². The molecular weight excluding hydrogens is 286 g/mol. The van der Waals surface area contributed by atoms with Gasteiger partial charge in [-0.15, -0.1) is 0 Å². The number of benzene rings is 1. The molecule has 1 rings (SSSR count). The van der Waals surface area contributed by atoms with Crippen molar-refractivity contribution in [1.82, 2.24) is 0 Å². The second kappa shape index (κ2) is 13.1. The number of aryl methyl sites for hydroxylation is 1. The summed E-state index contributed by atoms with van der Waals surface area (Å²) in [6, 6.07) is 6.10. The van der Waals surface area contributed by atoms with Crippen molar-refractivity contribution in [3.05, 3.63) is 34.9 Å². The van der Waals surface area contributed by atoms with Crippen molar-refractivity contribution >= 4 is 5.97 Å². The molecule has 0 unspecified atom stereocenters. The molecule has 3 nitrogen and oxygen atoms in total. The van der Waals surface area contributed by atoms with Crippen molar-refractivity contribution in [1.29, 1.82) is 0 Å². The molecule has 1 aromatic rings. The van der Waals surface area contributed by atoms with Gasteiger partial charge < -0.3 is 10.8 Å². The molecule has 23 heavy (non-hydrogen) atoms. The van der Waals surface area contributed by atoms with Gasteiger partial charge in [0, 0.05) is 6.04 Å². The third-order valence-electron chi connectivity index (χ3n) is 4.13. The summed E-state index contributed by atoms with van der Waals surface area (Å²) in [5.41, 5.74) is 8.24. The number of carboxylic acids is 1. The van der Waals surface area contributed by atoms with Crippen LogP contribution in [0.3, 0.4) is 0 Å². The monoisotopic (exact) mass is 321 g/mol. The van der Waals surface area contributed by atoms with Crippen LogP contribution >= 0.6 is 0 Å². The Balaban J connectivity index is 0.000000688. The van der Waals surface area contributed by atoms with Crippen LogP contribution in [0.1, 0.15) is 87.7 Å². The maximum absolute atomic E-state index is 11.2. The highest BCUT2D eigenvalue weighted by Crippen LogP contribution is 2.20. The van der Waals surface area contributed by atoms with E-state index in [4.69, 9.17) is 5.73 Å². The summed E-state index contributed by atoms with van der Waals surface area (Å²) >= 11 is 0. The quantitative estimate of drug-likeness (QED) is 0.656. The molecule has 0 saturated carbocycles. The van der Waals surface area contributed by atoms with Crippen molar-refractivity contribution in [2.24, 2.45) is 5.73 Å². The number of nitrogens with two attached hydrogens (primary N) is 1. The van der Waals surface area contributed by atoms with E-state index >= 15 is 0 Å². The Kier molecular flexibility index (Phi) is 12.4. The minimum atomic E-state index is -0.797. The van der Waals surface area contributed by atoms with Crippen LogP contribution in [-0.4, -0.2) is 17.1 Å². The fourth-order valence-corrected chi connectivity index (χ4v) is 2.37. The van der Waals surface area contributed by atoms with E-state index in [0.717, 1.165) is 56.9 Å². The molecule has 0 radical (unpaired) electrons. The highest BCUT2D eigenvalue weighted by molar-refractivity contribution is 5.89. The van der Waals surface area contributed by atoms with E-state index in [9.17, 15) is 9.90 Å². The summed E-state index contributed by atoms with van der Waals surface area (Å²) in [6.07, 6.45) is 8.53. The van der Waals surface area contributed by atoms with Crippen LogP contribution in [0, 0.1) is 0 Å². The number of aromatic carboxylic acids is 1. The van der Waals surface area contributed by atoms with Crippen LogP contribution in [0.25, 0.3) is 0 Å². The first-order valence-electron chi connectivity index (χ1n) is 9.11. The van der Waals surface area contributed by atoms with Crippen molar-refractivity contribution in [2.75, 3.05) is 0 Å². The Hall–Kier alpha value is -1.35. The summed E-state index contributed by atoms with van der Waals surface area (Å²) < 4.78 is 0. The summed E-state index contributed by atoms with van der Waals surface area (Å²) in [6.45, 7) is 8.50. The predicted molar refractivity (Wildman–Crippen MR) is 99.2 cm³/mol. The molecule has 1 aromatic carbocycles. The first kappa shape index (κ1) is 21.6. The Morgan fingerprint density at radius 3 is 2.04 bits per heavy atom. The van der Waals surface area contributed by atoms with Crippen LogP contribution in [0.2, 0.25) is 0 Å². The van der Waals surface area contributed by atoms with Gasteiger partial charge in [0.15, 0.2) is 0 Å². The van der Waals surface area contributed by atoms with Gasteiger partial charge in [-0.25, -0.2) is 4.79 Å². The van der Waals surface area contributed by atoms with Crippen LogP contribution < -0.4 is 5.73 Å². The number of unbranched alkanes of at least 4 members (excludes halogenated alkanes) is 2. The minimum Gasteiger partial charge on any atom is -0.478 e. The zero-order chi connectivity index (χ0) is 17.7. The van der Waals surface area contributed by atoms with Gasteiger partial charge in [0.25, 0.3) is 0 Å². The minimum absolute atomic E-state index is 0.435. The van der Waals surface area contributed by atoms with Crippen LogP contribution in [-0.2, 0) is 12.8 Å². The molecule has 3 N–H and O–H groups in total. The van der Waals surface area contributed by atoms with Crippen molar-refractivity contribution < 1.29 is 9.90 Å². The molecule has 0 aliphatic carbocycles. The topological polar surface area (TPSA) is 63.3 Å². The molecule has 0 aromatic heterocycles. The molecule has 0 bridgehead atoms. The Morgan fingerprint density at radius 2 is 1.61 bits per heavy atom. The normalized spacial score (nSPS) is 10.3. The second-order valence-electron chi connectivity index (χ2n) is 6.03. The molecule has 0 saturated heterocycles. The van der Waals surface area contributed by atoms with Crippen LogP contribution in [0.5, 0.6) is 0 Å². The number of hydrogen-bond donors (Lipinski definition) is 2. The van der Waals surface area contributed by atoms with Crippen molar-refractivity contribution in [3.8, 4) is 0 Å². The molecule has 0 spiro atoms. The van der Waals surface area contributed by atoms with Gasteiger partial charge in [0.1, 0.15) is 0 Å². The van der Waals surface area contributed by atoms with E-state index in [1.807, 2.05) is 6.07 Å². The van der Waals surface area contributed by atoms with E-state index in [1.54, 1.807) is 6.07 Å². The maximum atomic E-state index is 11.2. The molecule has 0 heterocycles. The van der Waals surface area contributed by atoms with E-state index in [2.05, 4.69) is 33.8 Å². The lowest BCUT2D eigenvalue weighted by Crippen LogP contribution is -2.16. The fourth-order valence-electron chi connectivity index (χ4n) is 2.37. The summed E-state index contributed by atoms with van der Waals surface area (Å²) in [5, 5.41) is 9.21. The Morgan fingerprint density at radius 1 is 1.04 bits per heavy atom. The summed E-state index contributed by atoms with van der Waals surface area (Å²) in [7, 11) is 0. The Bertz CT molecular complexity index is 439. The lowest BCUT2D eigenvalue weighted by molar-refractivity contribution is 0.0695. The third-order valence-corrected chi connectivity index (χ3v) is 4.13. The lowest BCUT2D eigenvalue weighted by Gasteiger charge is -2.12. The molecule has 0 atom stereocenters.